The van der Waals surface area contributed by atoms with Crippen LogP contribution >= 0.6 is 0 Å². The zero-order chi connectivity index (χ0) is 23.4. The van der Waals surface area contributed by atoms with Gasteiger partial charge in [0, 0.05) is 5.41 Å². The summed E-state index contributed by atoms with van der Waals surface area (Å²) in [6.07, 6.45) is 16.8. The molecule has 2 N–H and O–H groups in total. The average molecular weight is 441 g/mol. The molecule has 0 spiro atoms. The molecule has 3 saturated carbocycles. The van der Waals surface area contributed by atoms with Crippen LogP contribution in [-0.4, -0.2) is 22.9 Å². The van der Waals surface area contributed by atoms with E-state index < -0.39 is 0 Å². The maximum Gasteiger partial charge on any atom is 0.0618 e. The summed E-state index contributed by atoms with van der Waals surface area (Å²) in [5.41, 5.74) is 2.78. The van der Waals surface area contributed by atoms with Crippen molar-refractivity contribution >= 4 is 0 Å². The predicted molar refractivity (Wildman–Crippen MR) is 132 cm³/mol. The summed E-state index contributed by atoms with van der Waals surface area (Å²) >= 11 is 0. The van der Waals surface area contributed by atoms with Crippen molar-refractivity contribution < 1.29 is 10.2 Å². The third-order valence-electron chi connectivity index (χ3n) is 12.6. The lowest BCUT2D eigenvalue weighted by molar-refractivity contribution is -0.213. The van der Waals surface area contributed by atoms with Gasteiger partial charge in [0.05, 0.1) is 12.7 Å². The molecule has 3 fully saturated rings. The molecule has 0 heterocycles. The highest BCUT2D eigenvalue weighted by Gasteiger charge is 2.68. The van der Waals surface area contributed by atoms with E-state index >= 15 is 0 Å². The molecule has 5 aliphatic rings. The van der Waals surface area contributed by atoms with E-state index in [-0.39, 0.29) is 34.4 Å². The van der Waals surface area contributed by atoms with E-state index in [2.05, 4.69) is 66.7 Å². The Hall–Kier alpha value is -0.600. The molecule has 0 aromatic heterocycles. The van der Waals surface area contributed by atoms with Crippen LogP contribution in [0.3, 0.4) is 0 Å². The van der Waals surface area contributed by atoms with Gasteiger partial charge in [-0.05, 0) is 96.2 Å². The molecule has 0 saturated heterocycles. The molecule has 0 aliphatic heterocycles. The number of hydrogen-bond acceptors (Lipinski definition) is 2. The van der Waals surface area contributed by atoms with Crippen LogP contribution in [-0.2, 0) is 0 Å². The Balaban J connectivity index is 1.58. The van der Waals surface area contributed by atoms with E-state index in [0.29, 0.717) is 28.6 Å². The van der Waals surface area contributed by atoms with Gasteiger partial charge in [-0.2, -0.15) is 0 Å². The first-order valence-corrected chi connectivity index (χ1v) is 13.5. The zero-order valence-electron chi connectivity index (χ0n) is 21.8. The van der Waals surface area contributed by atoms with Crippen LogP contribution in [0, 0.1) is 50.2 Å². The van der Waals surface area contributed by atoms with Crippen molar-refractivity contribution in [1.29, 1.82) is 0 Å². The highest BCUT2D eigenvalue weighted by Crippen LogP contribution is 2.75. The van der Waals surface area contributed by atoms with Crippen molar-refractivity contribution in [2.24, 2.45) is 50.2 Å². The molecule has 0 bridgehead atoms. The summed E-state index contributed by atoms with van der Waals surface area (Å²) < 4.78 is 0. The predicted octanol–water partition coefficient (Wildman–Crippen LogP) is 6.92. The SMILES string of the molecule is CC1(C)C=CC2(C)CCC3(C)C(=CCC4C5(C)CCC(O)C(C)(CO)C5CCC43C)C2C1. The second kappa shape index (κ2) is 6.75. The molecule has 2 heteroatoms. The van der Waals surface area contributed by atoms with E-state index in [4.69, 9.17) is 0 Å². The van der Waals surface area contributed by atoms with E-state index in [9.17, 15) is 10.2 Å². The van der Waals surface area contributed by atoms with Gasteiger partial charge in [0.1, 0.15) is 0 Å². The Morgan fingerprint density at radius 2 is 1.59 bits per heavy atom. The highest BCUT2D eigenvalue weighted by atomic mass is 16.3. The number of aliphatic hydroxyl groups excluding tert-OH is 2. The normalized spacial score (nSPS) is 56.3. The van der Waals surface area contributed by atoms with Gasteiger partial charge in [-0.15, -0.1) is 0 Å². The number of fused-ring (bicyclic) bond motifs is 7. The van der Waals surface area contributed by atoms with Gasteiger partial charge >= 0.3 is 0 Å². The fraction of sp³-hybridized carbons (Fsp3) is 0.867. The van der Waals surface area contributed by atoms with Crippen molar-refractivity contribution in [2.45, 2.75) is 106 Å². The smallest absolute Gasteiger partial charge is 0.0618 e. The Morgan fingerprint density at radius 1 is 0.875 bits per heavy atom. The standard InChI is InChI=1S/C30H48O2/c1-25(2)14-15-26(3)16-17-29(6)20(21(26)18-25)8-9-23-27(4)12-11-24(32)28(5,19-31)22(27)10-13-30(23,29)7/h8,14-15,21-24,31-32H,9-13,16-19H2,1-7H3. The lowest BCUT2D eigenvalue weighted by Gasteiger charge is -2.71. The first-order valence-electron chi connectivity index (χ1n) is 13.5. The van der Waals surface area contributed by atoms with E-state index in [1.54, 1.807) is 5.57 Å². The van der Waals surface area contributed by atoms with Gasteiger partial charge in [-0.25, -0.2) is 0 Å². The molecular weight excluding hydrogens is 392 g/mol. The second-order valence-electron chi connectivity index (χ2n) is 14.6. The van der Waals surface area contributed by atoms with Gasteiger partial charge < -0.3 is 10.2 Å². The van der Waals surface area contributed by atoms with E-state index in [1.165, 1.54) is 32.1 Å². The topological polar surface area (TPSA) is 40.5 Å². The summed E-state index contributed by atoms with van der Waals surface area (Å²) in [5.74, 6) is 1.71. The molecule has 0 aromatic carbocycles. The van der Waals surface area contributed by atoms with Crippen molar-refractivity contribution in [2.75, 3.05) is 6.61 Å². The quantitative estimate of drug-likeness (QED) is 0.435. The van der Waals surface area contributed by atoms with Gasteiger partial charge in [-0.1, -0.05) is 72.3 Å². The molecule has 32 heavy (non-hydrogen) atoms. The van der Waals surface area contributed by atoms with Crippen LogP contribution in [0.2, 0.25) is 0 Å². The zero-order valence-corrected chi connectivity index (χ0v) is 21.8. The summed E-state index contributed by atoms with van der Waals surface area (Å²) in [6, 6.07) is 0. The van der Waals surface area contributed by atoms with E-state index in [1.807, 2.05) is 0 Å². The Morgan fingerprint density at radius 3 is 2.28 bits per heavy atom. The molecule has 0 aromatic rings. The number of hydrogen-bond donors (Lipinski definition) is 2. The molecule has 2 nitrogen and oxygen atoms in total. The van der Waals surface area contributed by atoms with Crippen molar-refractivity contribution in [3.05, 3.63) is 23.8 Å². The minimum Gasteiger partial charge on any atom is -0.396 e. The maximum absolute atomic E-state index is 10.9. The fourth-order valence-electron chi connectivity index (χ4n) is 10.1. The van der Waals surface area contributed by atoms with E-state index in [0.717, 1.165) is 19.3 Å². The minimum absolute atomic E-state index is 0.109. The number of aliphatic hydroxyl groups is 2. The summed E-state index contributed by atoms with van der Waals surface area (Å²) in [4.78, 5) is 0. The molecule has 0 amide bonds. The number of allylic oxidation sites excluding steroid dienone is 4. The monoisotopic (exact) mass is 440 g/mol. The van der Waals surface area contributed by atoms with Gasteiger partial charge in [0.25, 0.3) is 0 Å². The summed E-state index contributed by atoms with van der Waals surface area (Å²) in [7, 11) is 0. The maximum atomic E-state index is 10.9. The van der Waals surface area contributed by atoms with Gasteiger partial charge in [0.15, 0.2) is 0 Å². The Kier molecular flexibility index (Phi) is 4.88. The molecule has 0 radical (unpaired) electrons. The summed E-state index contributed by atoms with van der Waals surface area (Å²) in [6.45, 7) is 17.4. The Bertz CT molecular complexity index is 855. The van der Waals surface area contributed by atoms with Crippen molar-refractivity contribution in [1.82, 2.24) is 0 Å². The summed E-state index contributed by atoms with van der Waals surface area (Å²) in [5, 5.41) is 21.3. The third-order valence-corrected chi connectivity index (χ3v) is 12.6. The van der Waals surface area contributed by atoms with Crippen molar-refractivity contribution in [3.8, 4) is 0 Å². The van der Waals surface area contributed by atoms with Crippen LogP contribution in [0.4, 0.5) is 0 Å². The van der Waals surface area contributed by atoms with Crippen LogP contribution in [0.1, 0.15) is 99.8 Å². The lowest BCUT2D eigenvalue weighted by Crippen LogP contribution is -2.65. The first kappa shape index (κ1) is 23.2. The van der Waals surface area contributed by atoms with Gasteiger partial charge in [-0.3, -0.25) is 0 Å². The number of rotatable bonds is 1. The van der Waals surface area contributed by atoms with Crippen LogP contribution in [0.25, 0.3) is 0 Å². The lowest BCUT2D eigenvalue weighted by atomic mass is 9.34. The molecule has 180 valence electrons. The van der Waals surface area contributed by atoms with Crippen molar-refractivity contribution in [3.63, 3.8) is 0 Å². The minimum atomic E-state index is -0.369. The van der Waals surface area contributed by atoms with Crippen LogP contribution in [0.15, 0.2) is 23.8 Å². The van der Waals surface area contributed by atoms with Crippen LogP contribution in [0.5, 0.6) is 0 Å². The first-order chi connectivity index (χ1) is 14.8. The van der Waals surface area contributed by atoms with Crippen LogP contribution < -0.4 is 0 Å². The second-order valence-corrected chi connectivity index (χ2v) is 14.6. The van der Waals surface area contributed by atoms with Gasteiger partial charge in [0.2, 0.25) is 0 Å². The molecule has 5 rings (SSSR count). The molecular formula is C30H48O2. The molecule has 9 unspecified atom stereocenters. The molecule has 5 aliphatic carbocycles. The average Bonchev–Trinajstić information content (AvgIpc) is 2.73. The highest BCUT2D eigenvalue weighted by molar-refractivity contribution is 5.36. The fourth-order valence-corrected chi connectivity index (χ4v) is 10.1. The third kappa shape index (κ3) is 2.72. The Labute approximate surface area is 197 Å². The largest absolute Gasteiger partial charge is 0.396 e. The molecule has 9 atom stereocenters.